The van der Waals surface area contributed by atoms with Gasteiger partial charge in [-0.05, 0) is 30.7 Å². The van der Waals surface area contributed by atoms with Gasteiger partial charge in [0.05, 0.1) is 4.83 Å². The molecular formula is C11H11BrClFO. The molecule has 0 saturated heterocycles. The first-order chi connectivity index (χ1) is 6.93. The summed E-state index contributed by atoms with van der Waals surface area (Å²) >= 11 is 9.21. The van der Waals surface area contributed by atoms with E-state index in [9.17, 15) is 9.18 Å². The van der Waals surface area contributed by atoms with Crippen molar-refractivity contribution in [3.05, 3.63) is 34.6 Å². The van der Waals surface area contributed by atoms with Crippen LogP contribution in [0.3, 0.4) is 0 Å². The molecule has 0 aliphatic heterocycles. The SMILES string of the molecule is CC(=O)C(Br)C(C)c1cc(F)ccc1Cl. The summed E-state index contributed by atoms with van der Waals surface area (Å²) in [5.41, 5.74) is 0.647. The molecule has 0 aliphatic carbocycles. The summed E-state index contributed by atoms with van der Waals surface area (Å²) in [4.78, 5) is 10.8. The molecule has 82 valence electrons. The molecule has 0 N–H and O–H groups in total. The molecule has 1 rings (SSSR count). The van der Waals surface area contributed by atoms with Crippen LogP contribution in [0.2, 0.25) is 5.02 Å². The maximum absolute atomic E-state index is 13.0. The van der Waals surface area contributed by atoms with Gasteiger partial charge in [0.25, 0.3) is 0 Å². The lowest BCUT2D eigenvalue weighted by atomic mass is 9.96. The van der Waals surface area contributed by atoms with Crippen LogP contribution in [0.4, 0.5) is 4.39 Å². The molecule has 0 heterocycles. The summed E-state index contributed by atoms with van der Waals surface area (Å²) in [5.74, 6) is -0.488. The van der Waals surface area contributed by atoms with Gasteiger partial charge in [-0.2, -0.15) is 0 Å². The van der Waals surface area contributed by atoms with Gasteiger partial charge in [-0.25, -0.2) is 4.39 Å². The highest BCUT2D eigenvalue weighted by atomic mass is 79.9. The van der Waals surface area contributed by atoms with Gasteiger partial charge in [-0.1, -0.05) is 34.5 Å². The number of hydrogen-bond acceptors (Lipinski definition) is 1. The van der Waals surface area contributed by atoms with Crippen LogP contribution in [0.5, 0.6) is 0 Å². The highest BCUT2D eigenvalue weighted by molar-refractivity contribution is 9.10. The lowest BCUT2D eigenvalue weighted by Crippen LogP contribution is -2.18. The number of Topliss-reactive ketones (excluding diaryl/α,β-unsaturated/α-hetero) is 1. The third-order valence-corrected chi connectivity index (χ3v) is 4.06. The molecule has 0 aromatic heterocycles. The van der Waals surface area contributed by atoms with Crippen molar-refractivity contribution in [2.24, 2.45) is 0 Å². The molecule has 0 fully saturated rings. The number of rotatable bonds is 3. The Bertz CT molecular complexity index is 381. The van der Waals surface area contributed by atoms with E-state index in [1.807, 2.05) is 6.92 Å². The van der Waals surface area contributed by atoms with Crippen LogP contribution in [0.1, 0.15) is 25.3 Å². The molecule has 0 aliphatic rings. The zero-order chi connectivity index (χ0) is 11.6. The Balaban J connectivity index is 3.04. The van der Waals surface area contributed by atoms with Gasteiger partial charge in [0.2, 0.25) is 0 Å². The summed E-state index contributed by atoms with van der Waals surface area (Å²) in [6.07, 6.45) is 0. The van der Waals surface area contributed by atoms with Crippen molar-refractivity contribution in [1.82, 2.24) is 0 Å². The van der Waals surface area contributed by atoms with E-state index >= 15 is 0 Å². The molecule has 0 amide bonds. The molecule has 0 spiro atoms. The molecule has 15 heavy (non-hydrogen) atoms. The molecule has 2 unspecified atom stereocenters. The number of carbonyl (C=O) groups excluding carboxylic acids is 1. The fourth-order valence-corrected chi connectivity index (χ4v) is 1.95. The second-order valence-corrected chi connectivity index (χ2v) is 4.86. The van der Waals surface area contributed by atoms with Gasteiger partial charge in [-0.15, -0.1) is 0 Å². The van der Waals surface area contributed by atoms with Gasteiger partial charge in [0, 0.05) is 10.9 Å². The van der Waals surface area contributed by atoms with Crippen LogP contribution in [0.25, 0.3) is 0 Å². The second-order valence-electron chi connectivity index (χ2n) is 3.47. The first-order valence-corrected chi connectivity index (χ1v) is 5.82. The fraction of sp³-hybridized carbons (Fsp3) is 0.364. The van der Waals surface area contributed by atoms with Gasteiger partial charge in [0.15, 0.2) is 0 Å². The first kappa shape index (κ1) is 12.7. The predicted molar refractivity (Wildman–Crippen MR) is 63.2 cm³/mol. The molecule has 1 aromatic carbocycles. The molecule has 0 radical (unpaired) electrons. The Morgan fingerprint density at radius 3 is 2.67 bits per heavy atom. The van der Waals surface area contributed by atoms with Crippen molar-refractivity contribution in [2.75, 3.05) is 0 Å². The topological polar surface area (TPSA) is 17.1 Å². The predicted octanol–water partition coefficient (Wildman–Crippen LogP) is 3.94. The van der Waals surface area contributed by atoms with Crippen molar-refractivity contribution in [1.29, 1.82) is 0 Å². The molecule has 0 bridgehead atoms. The maximum atomic E-state index is 13.0. The third-order valence-electron chi connectivity index (χ3n) is 2.28. The number of hydrogen-bond donors (Lipinski definition) is 0. The minimum atomic E-state index is -0.343. The molecular weight excluding hydrogens is 282 g/mol. The Morgan fingerprint density at radius 2 is 2.13 bits per heavy atom. The van der Waals surface area contributed by atoms with E-state index in [4.69, 9.17) is 11.6 Å². The zero-order valence-electron chi connectivity index (χ0n) is 8.43. The van der Waals surface area contributed by atoms with Gasteiger partial charge < -0.3 is 0 Å². The van der Waals surface area contributed by atoms with Crippen LogP contribution >= 0.6 is 27.5 Å². The van der Waals surface area contributed by atoms with Crippen LogP contribution in [0.15, 0.2) is 18.2 Å². The summed E-state index contributed by atoms with van der Waals surface area (Å²) < 4.78 is 13.0. The van der Waals surface area contributed by atoms with Crippen molar-refractivity contribution >= 4 is 33.3 Å². The second kappa shape index (κ2) is 5.08. The average molecular weight is 294 g/mol. The van der Waals surface area contributed by atoms with Crippen LogP contribution < -0.4 is 0 Å². The van der Waals surface area contributed by atoms with E-state index in [0.717, 1.165) is 0 Å². The third kappa shape index (κ3) is 3.02. The molecule has 2 atom stereocenters. The lowest BCUT2D eigenvalue weighted by molar-refractivity contribution is -0.116. The lowest BCUT2D eigenvalue weighted by Gasteiger charge is -2.17. The van der Waals surface area contributed by atoms with Gasteiger partial charge in [-0.3, -0.25) is 4.79 Å². The first-order valence-electron chi connectivity index (χ1n) is 4.53. The monoisotopic (exact) mass is 292 g/mol. The van der Waals surface area contributed by atoms with E-state index in [1.54, 1.807) is 0 Å². The van der Waals surface area contributed by atoms with E-state index in [1.165, 1.54) is 25.1 Å². The molecule has 0 saturated carbocycles. The van der Waals surface area contributed by atoms with E-state index in [2.05, 4.69) is 15.9 Å². The van der Waals surface area contributed by atoms with Gasteiger partial charge in [0.1, 0.15) is 11.6 Å². The number of carbonyl (C=O) groups is 1. The Labute approximate surface area is 102 Å². The van der Waals surface area contributed by atoms with Crippen LogP contribution in [-0.2, 0) is 4.79 Å². The van der Waals surface area contributed by atoms with E-state index in [-0.39, 0.29) is 22.3 Å². The van der Waals surface area contributed by atoms with Crippen molar-refractivity contribution in [3.8, 4) is 0 Å². The van der Waals surface area contributed by atoms with E-state index < -0.39 is 0 Å². The zero-order valence-corrected chi connectivity index (χ0v) is 10.8. The minimum Gasteiger partial charge on any atom is -0.299 e. The van der Waals surface area contributed by atoms with Crippen LogP contribution in [-0.4, -0.2) is 10.6 Å². The van der Waals surface area contributed by atoms with Crippen molar-refractivity contribution < 1.29 is 9.18 Å². The average Bonchev–Trinajstić information content (AvgIpc) is 2.19. The fourth-order valence-electron chi connectivity index (χ4n) is 1.37. The highest BCUT2D eigenvalue weighted by Gasteiger charge is 2.22. The quantitative estimate of drug-likeness (QED) is 0.772. The Hall–Kier alpha value is -0.410. The summed E-state index contributed by atoms with van der Waals surface area (Å²) in [6, 6.07) is 4.17. The summed E-state index contributed by atoms with van der Waals surface area (Å²) in [5, 5.41) is 0.481. The number of halogens is 3. The highest BCUT2D eigenvalue weighted by Crippen LogP contribution is 2.31. The Morgan fingerprint density at radius 1 is 1.53 bits per heavy atom. The summed E-state index contributed by atoms with van der Waals surface area (Å²) in [6.45, 7) is 3.32. The van der Waals surface area contributed by atoms with Crippen LogP contribution in [0, 0.1) is 5.82 Å². The maximum Gasteiger partial charge on any atom is 0.144 e. The minimum absolute atomic E-state index is 0.00262. The largest absolute Gasteiger partial charge is 0.299 e. The Kier molecular flexibility index (Phi) is 4.29. The van der Waals surface area contributed by atoms with E-state index in [0.29, 0.717) is 10.6 Å². The standard InChI is InChI=1S/C11H11BrClFO/c1-6(11(12)7(2)15)9-5-8(14)3-4-10(9)13/h3-6,11H,1-2H3. The molecule has 1 nitrogen and oxygen atoms in total. The van der Waals surface area contributed by atoms with Crippen molar-refractivity contribution in [2.45, 2.75) is 24.6 Å². The number of ketones is 1. The number of benzene rings is 1. The number of alkyl halides is 1. The molecule has 1 aromatic rings. The normalized spacial score (nSPS) is 14.7. The molecule has 4 heteroatoms. The van der Waals surface area contributed by atoms with Gasteiger partial charge >= 0.3 is 0 Å². The summed E-state index contributed by atoms with van der Waals surface area (Å²) in [7, 11) is 0. The van der Waals surface area contributed by atoms with Crippen molar-refractivity contribution in [3.63, 3.8) is 0 Å². The smallest absolute Gasteiger partial charge is 0.144 e.